The van der Waals surface area contributed by atoms with Crippen molar-refractivity contribution in [2.45, 2.75) is 12.5 Å². The summed E-state index contributed by atoms with van der Waals surface area (Å²) in [4.78, 5) is 23.2. The largest absolute Gasteiger partial charge is 0.480 e. The Morgan fingerprint density at radius 3 is 2.71 bits per heavy atom. The summed E-state index contributed by atoms with van der Waals surface area (Å²) in [7, 11) is 0. The summed E-state index contributed by atoms with van der Waals surface area (Å²) in [6.45, 7) is 0.130. The number of aliphatic carboxylic acids is 1. The monoisotopic (exact) mass is 202 g/mol. The van der Waals surface area contributed by atoms with E-state index in [4.69, 9.17) is 15.9 Å². The Labute approximate surface area is 81.3 Å². The van der Waals surface area contributed by atoms with Gasteiger partial charge in [0.05, 0.1) is 6.61 Å². The molecule has 0 saturated carbocycles. The highest BCUT2D eigenvalue weighted by Crippen LogP contribution is 2.19. The summed E-state index contributed by atoms with van der Waals surface area (Å²) >= 11 is 0. The van der Waals surface area contributed by atoms with Crippen LogP contribution in [0.3, 0.4) is 0 Å². The molecule has 4 N–H and O–H groups in total. The number of carboxylic acids is 1. The molecule has 0 radical (unpaired) electrons. The topological polar surface area (TPSA) is 104 Å². The Balaban J connectivity index is 2.68. The van der Waals surface area contributed by atoms with E-state index in [1.54, 1.807) is 0 Å². The lowest BCUT2D eigenvalue weighted by Crippen LogP contribution is -2.44. The van der Waals surface area contributed by atoms with Crippen molar-refractivity contribution in [3.8, 4) is 0 Å². The van der Waals surface area contributed by atoms with E-state index in [0.29, 0.717) is 13.1 Å². The zero-order valence-electron chi connectivity index (χ0n) is 7.72. The lowest BCUT2D eigenvalue weighted by Gasteiger charge is -2.22. The van der Waals surface area contributed by atoms with Gasteiger partial charge in [-0.25, -0.2) is 4.79 Å². The molecule has 0 spiro atoms. The van der Waals surface area contributed by atoms with Crippen molar-refractivity contribution in [2.75, 3.05) is 19.7 Å². The van der Waals surface area contributed by atoms with Crippen molar-refractivity contribution in [3.05, 3.63) is 0 Å². The van der Waals surface area contributed by atoms with Gasteiger partial charge >= 0.3 is 5.97 Å². The SMILES string of the molecule is NCC1CC(=O)N(C(CO)C(=O)O)C1. The van der Waals surface area contributed by atoms with Crippen LogP contribution in [0.2, 0.25) is 0 Å². The van der Waals surface area contributed by atoms with E-state index in [-0.39, 0.29) is 18.2 Å². The second-order valence-electron chi connectivity index (χ2n) is 3.39. The van der Waals surface area contributed by atoms with Crippen LogP contribution in [0.25, 0.3) is 0 Å². The highest BCUT2D eigenvalue weighted by Gasteiger charge is 2.36. The molecule has 0 bridgehead atoms. The molecule has 6 heteroatoms. The second kappa shape index (κ2) is 4.39. The number of amides is 1. The summed E-state index contributed by atoms with van der Waals surface area (Å²) in [6.07, 6.45) is 0.278. The van der Waals surface area contributed by atoms with Gasteiger partial charge in [-0.05, 0) is 12.5 Å². The molecule has 1 rings (SSSR count). The van der Waals surface area contributed by atoms with E-state index >= 15 is 0 Å². The molecule has 14 heavy (non-hydrogen) atoms. The molecule has 0 aromatic heterocycles. The van der Waals surface area contributed by atoms with E-state index in [9.17, 15) is 9.59 Å². The van der Waals surface area contributed by atoms with Gasteiger partial charge in [-0.2, -0.15) is 0 Å². The highest BCUT2D eigenvalue weighted by molar-refractivity contribution is 5.85. The van der Waals surface area contributed by atoms with Crippen LogP contribution in [0.5, 0.6) is 0 Å². The van der Waals surface area contributed by atoms with Crippen molar-refractivity contribution >= 4 is 11.9 Å². The van der Waals surface area contributed by atoms with Crippen molar-refractivity contribution in [1.29, 1.82) is 0 Å². The summed E-state index contributed by atoms with van der Waals surface area (Å²) in [6, 6.07) is -1.13. The number of carbonyl (C=O) groups excluding carboxylic acids is 1. The van der Waals surface area contributed by atoms with Crippen LogP contribution < -0.4 is 5.73 Å². The Bertz CT molecular complexity index is 243. The van der Waals surface area contributed by atoms with Crippen LogP contribution in [-0.2, 0) is 9.59 Å². The molecule has 1 saturated heterocycles. The van der Waals surface area contributed by atoms with Gasteiger partial charge in [-0.3, -0.25) is 4.79 Å². The van der Waals surface area contributed by atoms with Gasteiger partial charge < -0.3 is 20.8 Å². The first-order valence-corrected chi connectivity index (χ1v) is 4.43. The van der Waals surface area contributed by atoms with Gasteiger partial charge in [-0.15, -0.1) is 0 Å². The number of hydrogen-bond acceptors (Lipinski definition) is 4. The van der Waals surface area contributed by atoms with Crippen LogP contribution in [0.4, 0.5) is 0 Å². The summed E-state index contributed by atoms with van der Waals surface area (Å²) < 4.78 is 0. The molecule has 0 aromatic rings. The zero-order chi connectivity index (χ0) is 10.7. The number of hydrogen-bond donors (Lipinski definition) is 3. The average Bonchev–Trinajstić information content (AvgIpc) is 2.48. The quantitative estimate of drug-likeness (QED) is 0.501. The van der Waals surface area contributed by atoms with Crippen LogP contribution in [-0.4, -0.2) is 52.7 Å². The number of nitrogens with zero attached hydrogens (tertiary/aromatic N) is 1. The molecule has 0 aromatic carbocycles. The standard InChI is InChI=1S/C8H14N2O4/c9-2-5-1-7(12)10(3-5)6(4-11)8(13)14/h5-6,11H,1-4,9H2,(H,13,14). The predicted octanol–water partition coefficient (Wildman–Crippen LogP) is -1.76. The number of aliphatic hydroxyl groups excluding tert-OH is 1. The minimum atomic E-state index is -1.18. The molecular weight excluding hydrogens is 188 g/mol. The molecule has 80 valence electrons. The first-order chi connectivity index (χ1) is 6.60. The van der Waals surface area contributed by atoms with Crippen molar-refractivity contribution in [1.82, 2.24) is 4.90 Å². The maximum Gasteiger partial charge on any atom is 0.328 e. The van der Waals surface area contributed by atoms with E-state index < -0.39 is 18.6 Å². The van der Waals surface area contributed by atoms with Gasteiger partial charge in [0.15, 0.2) is 6.04 Å². The van der Waals surface area contributed by atoms with Gasteiger partial charge in [0.25, 0.3) is 0 Å². The molecule has 1 amide bonds. The molecule has 1 aliphatic heterocycles. The molecule has 2 unspecified atom stereocenters. The van der Waals surface area contributed by atoms with E-state index in [0.717, 1.165) is 0 Å². The molecule has 1 aliphatic rings. The Kier molecular flexibility index (Phi) is 3.43. The van der Waals surface area contributed by atoms with E-state index in [1.165, 1.54) is 4.90 Å². The lowest BCUT2D eigenvalue weighted by atomic mass is 10.1. The third-order valence-corrected chi connectivity index (χ3v) is 2.41. The van der Waals surface area contributed by atoms with Crippen LogP contribution in [0.1, 0.15) is 6.42 Å². The Morgan fingerprint density at radius 1 is 1.71 bits per heavy atom. The Hall–Kier alpha value is -1.14. The minimum Gasteiger partial charge on any atom is -0.480 e. The fourth-order valence-corrected chi connectivity index (χ4v) is 1.58. The normalized spacial score (nSPS) is 24.0. The van der Waals surface area contributed by atoms with Crippen molar-refractivity contribution in [3.63, 3.8) is 0 Å². The zero-order valence-corrected chi connectivity index (χ0v) is 7.72. The first kappa shape index (κ1) is 10.9. The third kappa shape index (κ3) is 2.02. The summed E-state index contributed by atoms with van der Waals surface area (Å²) in [5, 5.41) is 17.6. The third-order valence-electron chi connectivity index (χ3n) is 2.41. The smallest absolute Gasteiger partial charge is 0.328 e. The molecule has 1 heterocycles. The number of nitrogens with two attached hydrogens (primary N) is 1. The van der Waals surface area contributed by atoms with Gasteiger partial charge in [0.2, 0.25) is 5.91 Å². The maximum atomic E-state index is 11.3. The number of likely N-dealkylation sites (tertiary alicyclic amines) is 1. The second-order valence-corrected chi connectivity index (χ2v) is 3.39. The maximum absolute atomic E-state index is 11.3. The number of carboxylic acid groups (broad SMARTS) is 1. The first-order valence-electron chi connectivity index (χ1n) is 4.43. The van der Waals surface area contributed by atoms with Gasteiger partial charge in [-0.1, -0.05) is 0 Å². The number of aliphatic hydroxyl groups is 1. The lowest BCUT2D eigenvalue weighted by molar-refractivity contribution is -0.150. The van der Waals surface area contributed by atoms with Crippen molar-refractivity contribution in [2.24, 2.45) is 11.7 Å². The van der Waals surface area contributed by atoms with Crippen molar-refractivity contribution < 1.29 is 19.8 Å². The summed E-state index contributed by atoms with van der Waals surface area (Å²) in [5.74, 6) is -1.42. The molecule has 2 atom stereocenters. The van der Waals surface area contributed by atoms with Gasteiger partial charge in [0, 0.05) is 13.0 Å². The minimum absolute atomic E-state index is 0.0101. The molecular formula is C8H14N2O4. The molecule has 6 nitrogen and oxygen atoms in total. The van der Waals surface area contributed by atoms with E-state index in [1.807, 2.05) is 0 Å². The molecule has 0 aliphatic carbocycles. The van der Waals surface area contributed by atoms with Crippen LogP contribution >= 0.6 is 0 Å². The van der Waals surface area contributed by atoms with Crippen LogP contribution in [0, 0.1) is 5.92 Å². The Morgan fingerprint density at radius 2 is 2.36 bits per heavy atom. The average molecular weight is 202 g/mol. The number of carbonyl (C=O) groups is 2. The summed E-state index contributed by atoms with van der Waals surface area (Å²) in [5.41, 5.74) is 5.39. The fourth-order valence-electron chi connectivity index (χ4n) is 1.58. The number of rotatable bonds is 4. The van der Waals surface area contributed by atoms with E-state index in [2.05, 4.69) is 0 Å². The fraction of sp³-hybridized carbons (Fsp3) is 0.750. The van der Waals surface area contributed by atoms with Gasteiger partial charge in [0.1, 0.15) is 0 Å². The molecule has 1 fully saturated rings. The highest BCUT2D eigenvalue weighted by atomic mass is 16.4. The van der Waals surface area contributed by atoms with Crippen LogP contribution in [0.15, 0.2) is 0 Å². The predicted molar refractivity (Wildman–Crippen MR) is 47.4 cm³/mol.